The molecule has 2 aliphatic rings. The van der Waals surface area contributed by atoms with Crippen molar-refractivity contribution in [2.75, 3.05) is 4.90 Å². The molecule has 0 N–H and O–H groups in total. The van der Waals surface area contributed by atoms with Crippen molar-refractivity contribution in [2.45, 2.75) is 24.7 Å². The van der Waals surface area contributed by atoms with Gasteiger partial charge in [-0.15, -0.1) is 0 Å². The molecule has 65 heavy (non-hydrogen) atoms. The maximum atomic E-state index is 2.47. The van der Waals surface area contributed by atoms with E-state index in [4.69, 9.17) is 0 Å². The van der Waals surface area contributed by atoms with Crippen LogP contribution in [0.25, 0.3) is 55.6 Å². The predicted molar refractivity (Wildman–Crippen MR) is 272 cm³/mol. The number of nitrogens with zero attached hydrogens (tertiary/aromatic N) is 1. The number of benzene rings is 10. The summed E-state index contributed by atoms with van der Waals surface area (Å²) in [6.07, 6.45) is 0. The number of hydrogen-bond acceptors (Lipinski definition) is 1. The van der Waals surface area contributed by atoms with E-state index in [-0.39, 0.29) is 5.41 Å². The number of anilines is 3. The van der Waals surface area contributed by atoms with Crippen molar-refractivity contribution < 1.29 is 0 Å². The summed E-state index contributed by atoms with van der Waals surface area (Å²) in [5, 5.41) is 0. The van der Waals surface area contributed by atoms with E-state index in [1.807, 2.05) is 0 Å². The average Bonchev–Trinajstić information content (AvgIpc) is 3.80. The van der Waals surface area contributed by atoms with Gasteiger partial charge in [-0.1, -0.05) is 208 Å². The van der Waals surface area contributed by atoms with Crippen LogP contribution < -0.4 is 4.90 Å². The van der Waals surface area contributed by atoms with E-state index in [1.165, 1.54) is 89.0 Å². The van der Waals surface area contributed by atoms with Crippen LogP contribution in [-0.4, -0.2) is 0 Å². The van der Waals surface area contributed by atoms with Gasteiger partial charge in [0, 0.05) is 22.5 Å². The summed E-state index contributed by atoms with van der Waals surface area (Å²) in [6, 6.07) is 92.0. The van der Waals surface area contributed by atoms with Gasteiger partial charge in [0.25, 0.3) is 0 Å². The number of rotatable bonds is 8. The molecule has 2 aliphatic carbocycles. The van der Waals surface area contributed by atoms with Crippen LogP contribution in [0.5, 0.6) is 0 Å². The molecule has 0 aliphatic heterocycles. The standard InChI is InChI=1S/C64H47N/c1-63(2)59-29-17-15-27-55(59)57-37-35-54(43-62(57)63)65(52-33-31-46(32-34-52)49-40-47(44-19-7-3-8-20-44)39-48(41-49)45-21-9-4-10-22-45)53-36-38-61-58(42-53)56-28-16-18-30-60(56)64(61,50-23-11-5-12-24-50)51-25-13-6-14-26-51/h3-43H,1-2H3. The van der Waals surface area contributed by atoms with E-state index in [2.05, 4.69) is 267 Å². The summed E-state index contributed by atoms with van der Waals surface area (Å²) in [5.74, 6) is 0. The molecule has 0 fully saturated rings. The highest BCUT2D eigenvalue weighted by Crippen LogP contribution is 2.57. The number of fused-ring (bicyclic) bond motifs is 6. The zero-order valence-electron chi connectivity index (χ0n) is 36.6. The maximum Gasteiger partial charge on any atom is 0.0713 e. The molecular weight excluding hydrogens is 783 g/mol. The lowest BCUT2D eigenvalue weighted by Gasteiger charge is -2.34. The first-order chi connectivity index (χ1) is 32.0. The molecule has 1 heteroatoms. The molecule has 0 spiro atoms. The van der Waals surface area contributed by atoms with Crippen molar-refractivity contribution >= 4 is 17.1 Å². The second kappa shape index (κ2) is 15.4. The van der Waals surface area contributed by atoms with Crippen molar-refractivity contribution in [3.8, 4) is 55.6 Å². The highest BCUT2D eigenvalue weighted by Gasteiger charge is 2.46. The summed E-state index contributed by atoms with van der Waals surface area (Å²) in [4.78, 5) is 2.47. The highest BCUT2D eigenvalue weighted by molar-refractivity contribution is 5.92. The van der Waals surface area contributed by atoms with Crippen molar-refractivity contribution in [2.24, 2.45) is 0 Å². The number of hydrogen-bond donors (Lipinski definition) is 0. The summed E-state index contributed by atoms with van der Waals surface area (Å²) >= 11 is 0. The van der Waals surface area contributed by atoms with Crippen molar-refractivity contribution in [1.82, 2.24) is 0 Å². The predicted octanol–water partition coefficient (Wildman–Crippen LogP) is 16.8. The maximum absolute atomic E-state index is 2.47. The van der Waals surface area contributed by atoms with Crippen LogP contribution in [0.3, 0.4) is 0 Å². The molecule has 0 radical (unpaired) electrons. The van der Waals surface area contributed by atoms with Gasteiger partial charge in [0.2, 0.25) is 0 Å². The lowest BCUT2D eigenvalue weighted by atomic mass is 9.68. The van der Waals surface area contributed by atoms with Gasteiger partial charge in [-0.3, -0.25) is 0 Å². The minimum Gasteiger partial charge on any atom is -0.310 e. The van der Waals surface area contributed by atoms with Gasteiger partial charge in [-0.25, -0.2) is 0 Å². The van der Waals surface area contributed by atoms with Crippen LogP contribution >= 0.6 is 0 Å². The van der Waals surface area contributed by atoms with Gasteiger partial charge < -0.3 is 4.90 Å². The molecule has 12 rings (SSSR count). The minimum absolute atomic E-state index is 0.139. The fraction of sp³-hybridized carbons (Fsp3) is 0.0625. The van der Waals surface area contributed by atoms with E-state index >= 15 is 0 Å². The van der Waals surface area contributed by atoms with E-state index in [0.717, 1.165) is 17.1 Å². The fourth-order valence-corrected chi connectivity index (χ4v) is 11.0. The van der Waals surface area contributed by atoms with Crippen LogP contribution in [0.15, 0.2) is 249 Å². The monoisotopic (exact) mass is 829 g/mol. The summed E-state index contributed by atoms with van der Waals surface area (Å²) in [5.41, 5.74) is 23.0. The molecule has 10 aromatic carbocycles. The molecule has 0 saturated carbocycles. The SMILES string of the molecule is CC1(C)c2ccccc2-c2ccc(N(c3ccc(-c4cc(-c5ccccc5)cc(-c5ccccc5)c4)cc3)c3ccc4c(c3)-c3ccccc3C4(c3ccccc3)c3ccccc3)cc21. The third kappa shape index (κ3) is 6.22. The Bertz CT molecular complexity index is 3270. The molecule has 0 bridgehead atoms. The summed E-state index contributed by atoms with van der Waals surface area (Å²) < 4.78 is 0. The normalized spacial score (nSPS) is 13.6. The lowest BCUT2D eigenvalue weighted by Crippen LogP contribution is -2.28. The second-order valence-corrected chi connectivity index (χ2v) is 18.1. The minimum atomic E-state index is -0.463. The largest absolute Gasteiger partial charge is 0.310 e. The molecule has 0 atom stereocenters. The Labute approximate surface area is 382 Å². The first-order valence-electron chi connectivity index (χ1n) is 22.7. The summed E-state index contributed by atoms with van der Waals surface area (Å²) in [7, 11) is 0. The van der Waals surface area contributed by atoms with Crippen LogP contribution in [0.2, 0.25) is 0 Å². The van der Waals surface area contributed by atoms with Gasteiger partial charge in [0.05, 0.1) is 5.41 Å². The van der Waals surface area contributed by atoms with E-state index in [9.17, 15) is 0 Å². The van der Waals surface area contributed by atoms with Crippen molar-refractivity contribution in [3.05, 3.63) is 282 Å². The summed E-state index contributed by atoms with van der Waals surface area (Å²) in [6.45, 7) is 4.74. The topological polar surface area (TPSA) is 3.24 Å². The van der Waals surface area contributed by atoms with E-state index in [1.54, 1.807) is 0 Å². The average molecular weight is 830 g/mol. The fourth-order valence-electron chi connectivity index (χ4n) is 11.0. The third-order valence-electron chi connectivity index (χ3n) is 14.1. The van der Waals surface area contributed by atoms with Crippen molar-refractivity contribution in [3.63, 3.8) is 0 Å². The molecule has 10 aromatic rings. The Morgan fingerprint density at radius 1 is 0.262 bits per heavy atom. The molecule has 1 nitrogen and oxygen atoms in total. The first-order valence-corrected chi connectivity index (χ1v) is 22.7. The molecule has 0 saturated heterocycles. The van der Waals surface area contributed by atoms with Gasteiger partial charge in [0.1, 0.15) is 0 Å². The Hall–Kier alpha value is -8.00. The van der Waals surface area contributed by atoms with Crippen LogP contribution in [-0.2, 0) is 10.8 Å². The highest BCUT2D eigenvalue weighted by atomic mass is 15.1. The molecule has 0 unspecified atom stereocenters. The molecule has 0 heterocycles. The Morgan fingerprint density at radius 3 is 1.23 bits per heavy atom. The van der Waals surface area contributed by atoms with Crippen LogP contribution in [0, 0.1) is 0 Å². The quantitative estimate of drug-likeness (QED) is 0.147. The second-order valence-electron chi connectivity index (χ2n) is 18.1. The van der Waals surface area contributed by atoms with Crippen LogP contribution in [0.1, 0.15) is 47.2 Å². The van der Waals surface area contributed by atoms with Gasteiger partial charge in [-0.2, -0.15) is 0 Å². The van der Waals surface area contributed by atoms with Crippen molar-refractivity contribution in [1.29, 1.82) is 0 Å². The smallest absolute Gasteiger partial charge is 0.0713 e. The van der Waals surface area contributed by atoms with Gasteiger partial charge >= 0.3 is 0 Å². The van der Waals surface area contributed by atoms with Crippen LogP contribution in [0.4, 0.5) is 17.1 Å². The zero-order valence-corrected chi connectivity index (χ0v) is 36.6. The van der Waals surface area contributed by atoms with Gasteiger partial charge in [0.15, 0.2) is 0 Å². The molecular formula is C64H47N. The van der Waals surface area contributed by atoms with E-state index < -0.39 is 5.41 Å². The zero-order chi connectivity index (χ0) is 43.5. The van der Waals surface area contributed by atoms with Gasteiger partial charge in [-0.05, 0) is 144 Å². The molecule has 308 valence electrons. The third-order valence-corrected chi connectivity index (χ3v) is 14.1. The first kappa shape index (κ1) is 38.7. The Kier molecular flexibility index (Phi) is 9.14. The Balaban J connectivity index is 1.04. The lowest BCUT2D eigenvalue weighted by molar-refractivity contribution is 0.660. The van der Waals surface area contributed by atoms with E-state index in [0.29, 0.717) is 0 Å². The molecule has 0 amide bonds. The molecule has 0 aromatic heterocycles. The Morgan fingerprint density at radius 2 is 0.662 bits per heavy atom.